The van der Waals surface area contributed by atoms with E-state index in [1.165, 1.54) is 23.5 Å². The Balaban J connectivity index is 2.20. The Morgan fingerprint density at radius 2 is 2.06 bits per heavy atom. The molecule has 0 N–H and O–H groups in total. The van der Waals surface area contributed by atoms with Gasteiger partial charge in [0, 0.05) is 0 Å². The van der Waals surface area contributed by atoms with Crippen LogP contribution in [0.25, 0.3) is 21.9 Å². The zero-order chi connectivity index (χ0) is 12.7. The molecule has 0 bridgehead atoms. The van der Waals surface area contributed by atoms with E-state index in [0.29, 0.717) is 21.9 Å². The van der Waals surface area contributed by atoms with Gasteiger partial charge in [-0.05, 0) is 19.1 Å². The first kappa shape index (κ1) is 11.4. The van der Waals surface area contributed by atoms with E-state index in [1.54, 1.807) is 0 Å². The molecule has 0 aromatic carbocycles. The predicted molar refractivity (Wildman–Crippen MR) is 68.1 cm³/mol. The molecule has 0 radical (unpaired) electrons. The number of thiazole rings is 1. The SMILES string of the molecule is Cc1nc2c(Cl)nc(-c3ccc(F)cn3)nc2s1. The zero-order valence-corrected chi connectivity index (χ0v) is 10.8. The van der Waals surface area contributed by atoms with Crippen LogP contribution in [-0.4, -0.2) is 19.9 Å². The van der Waals surface area contributed by atoms with Gasteiger partial charge in [-0.2, -0.15) is 0 Å². The Morgan fingerprint density at radius 1 is 1.22 bits per heavy atom. The van der Waals surface area contributed by atoms with Crippen molar-refractivity contribution in [3.63, 3.8) is 0 Å². The summed E-state index contributed by atoms with van der Waals surface area (Å²) in [7, 11) is 0. The number of aromatic nitrogens is 4. The Kier molecular flexibility index (Phi) is 2.68. The number of aryl methyl sites for hydroxylation is 1. The van der Waals surface area contributed by atoms with E-state index in [-0.39, 0.29) is 5.15 Å². The first-order chi connectivity index (χ1) is 8.63. The highest BCUT2D eigenvalue weighted by molar-refractivity contribution is 7.18. The van der Waals surface area contributed by atoms with E-state index >= 15 is 0 Å². The highest BCUT2D eigenvalue weighted by atomic mass is 35.5. The van der Waals surface area contributed by atoms with Gasteiger partial charge in [0.05, 0.1) is 11.2 Å². The molecular formula is C11H6ClFN4S. The van der Waals surface area contributed by atoms with Gasteiger partial charge in [0.1, 0.15) is 21.9 Å². The summed E-state index contributed by atoms with van der Waals surface area (Å²) in [6, 6.07) is 2.82. The lowest BCUT2D eigenvalue weighted by Gasteiger charge is -1.99. The van der Waals surface area contributed by atoms with Crippen LogP contribution in [-0.2, 0) is 0 Å². The van der Waals surface area contributed by atoms with Crippen molar-refractivity contribution >= 4 is 33.3 Å². The molecule has 4 nitrogen and oxygen atoms in total. The molecule has 0 aliphatic heterocycles. The van der Waals surface area contributed by atoms with Gasteiger partial charge in [0.25, 0.3) is 0 Å². The van der Waals surface area contributed by atoms with E-state index < -0.39 is 5.82 Å². The molecule has 3 aromatic heterocycles. The van der Waals surface area contributed by atoms with Gasteiger partial charge in [-0.1, -0.05) is 22.9 Å². The van der Waals surface area contributed by atoms with Gasteiger partial charge >= 0.3 is 0 Å². The van der Waals surface area contributed by atoms with Gasteiger partial charge in [-0.25, -0.2) is 24.3 Å². The van der Waals surface area contributed by atoms with E-state index in [0.717, 1.165) is 11.2 Å². The summed E-state index contributed by atoms with van der Waals surface area (Å²) < 4.78 is 12.8. The minimum Gasteiger partial charge on any atom is -0.250 e. The molecule has 0 aliphatic carbocycles. The van der Waals surface area contributed by atoms with Gasteiger partial charge in [0.2, 0.25) is 0 Å². The van der Waals surface area contributed by atoms with Crippen molar-refractivity contribution in [1.82, 2.24) is 19.9 Å². The number of hydrogen-bond acceptors (Lipinski definition) is 5. The fourth-order valence-electron chi connectivity index (χ4n) is 1.52. The third-order valence-electron chi connectivity index (χ3n) is 2.28. The fourth-order valence-corrected chi connectivity index (χ4v) is 2.57. The monoisotopic (exact) mass is 280 g/mol. The van der Waals surface area contributed by atoms with Crippen LogP contribution in [0.3, 0.4) is 0 Å². The molecule has 0 atom stereocenters. The fraction of sp³-hybridized carbons (Fsp3) is 0.0909. The molecule has 3 heterocycles. The quantitative estimate of drug-likeness (QED) is 0.642. The van der Waals surface area contributed by atoms with Crippen LogP contribution in [0, 0.1) is 12.7 Å². The molecule has 0 saturated carbocycles. The van der Waals surface area contributed by atoms with Crippen LogP contribution in [0.4, 0.5) is 4.39 Å². The number of pyridine rings is 1. The van der Waals surface area contributed by atoms with E-state index in [4.69, 9.17) is 11.6 Å². The Morgan fingerprint density at radius 3 is 2.78 bits per heavy atom. The smallest absolute Gasteiger partial charge is 0.181 e. The summed E-state index contributed by atoms with van der Waals surface area (Å²) >= 11 is 7.48. The van der Waals surface area contributed by atoms with Crippen molar-refractivity contribution in [2.75, 3.05) is 0 Å². The zero-order valence-electron chi connectivity index (χ0n) is 9.19. The molecule has 18 heavy (non-hydrogen) atoms. The lowest BCUT2D eigenvalue weighted by atomic mass is 10.3. The van der Waals surface area contributed by atoms with Crippen molar-refractivity contribution in [2.45, 2.75) is 6.92 Å². The first-order valence-corrected chi connectivity index (χ1v) is 6.25. The lowest BCUT2D eigenvalue weighted by molar-refractivity contribution is 0.621. The Labute approximate surface area is 111 Å². The summed E-state index contributed by atoms with van der Waals surface area (Å²) in [6.45, 7) is 1.87. The summed E-state index contributed by atoms with van der Waals surface area (Å²) in [5, 5.41) is 1.15. The number of fused-ring (bicyclic) bond motifs is 1. The first-order valence-electron chi connectivity index (χ1n) is 5.06. The molecule has 0 spiro atoms. The Bertz CT molecular complexity index is 726. The minimum absolute atomic E-state index is 0.283. The molecule has 3 rings (SSSR count). The number of nitrogens with zero attached hydrogens (tertiary/aromatic N) is 4. The van der Waals surface area contributed by atoms with Gasteiger partial charge in [0.15, 0.2) is 11.0 Å². The molecule has 0 amide bonds. The third-order valence-corrected chi connectivity index (χ3v) is 3.41. The van der Waals surface area contributed by atoms with Gasteiger partial charge in [-0.15, -0.1) is 0 Å². The molecule has 0 fully saturated rings. The molecule has 3 aromatic rings. The van der Waals surface area contributed by atoms with Crippen LogP contribution < -0.4 is 0 Å². The number of hydrogen-bond donors (Lipinski definition) is 0. The van der Waals surface area contributed by atoms with E-state index in [9.17, 15) is 4.39 Å². The lowest BCUT2D eigenvalue weighted by Crippen LogP contribution is -1.93. The highest BCUT2D eigenvalue weighted by Crippen LogP contribution is 2.27. The summed E-state index contributed by atoms with van der Waals surface area (Å²) in [4.78, 5) is 17.3. The second kappa shape index (κ2) is 4.22. The second-order valence-corrected chi connectivity index (χ2v) is 5.13. The van der Waals surface area contributed by atoms with Crippen LogP contribution >= 0.6 is 22.9 Å². The maximum Gasteiger partial charge on any atom is 0.181 e. The predicted octanol–water partition coefficient (Wildman–Crippen LogP) is 3.25. The minimum atomic E-state index is -0.403. The number of rotatable bonds is 1. The highest BCUT2D eigenvalue weighted by Gasteiger charge is 2.12. The number of halogens is 2. The maximum atomic E-state index is 12.8. The average Bonchev–Trinajstić information content (AvgIpc) is 2.71. The largest absolute Gasteiger partial charge is 0.250 e. The second-order valence-electron chi connectivity index (χ2n) is 3.59. The van der Waals surface area contributed by atoms with Crippen LogP contribution in [0.2, 0.25) is 5.15 Å². The van der Waals surface area contributed by atoms with Crippen molar-refractivity contribution in [1.29, 1.82) is 0 Å². The van der Waals surface area contributed by atoms with Crippen LogP contribution in [0.15, 0.2) is 18.3 Å². The molecule has 0 aliphatic rings. The molecule has 90 valence electrons. The average molecular weight is 281 g/mol. The van der Waals surface area contributed by atoms with Gasteiger partial charge < -0.3 is 0 Å². The summed E-state index contributed by atoms with van der Waals surface area (Å²) in [6.07, 6.45) is 1.12. The van der Waals surface area contributed by atoms with Gasteiger partial charge in [-0.3, -0.25) is 0 Å². The molecule has 7 heteroatoms. The summed E-state index contributed by atoms with van der Waals surface area (Å²) in [5.74, 6) is -0.0318. The van der Waals surface area contributed by atoms with Crippen molar-refractivity contribution < 1.29 is 4.39 Å². The van der Waals surface area contributed by atoms with Crippen LogP contribution in [0.5, 0.6) is 0 Å². The maximum absolute atomic E-state index is 12.8. The van der Waals surface area contributed by atoms with Crippen molar-refractivity contribution in [3.05, 3.63) is 34.3 Å². The summed E-state index contributed by atoms with van der Waals surface area (Å²) in [5.41, 5.74) is 1.07. The van der Waals surface area contributed by atoms with Crippen molar-refractivity contribution in [2.24, 2.45) is 0 Å². The van der Waals surface area contributed by atoms with E-state index in [1.807, 2.05) is 6.92 Å². The molecule has 0 unspecified atom stereocenters. The van der Waals surface area contributed by atoms with Crippen molar-refractivity contribution in [3.8, 4) is 11.5 Å². The Hall–Kier alpha value is -1.66. The normalized spacial score (nSPS) is 11.1. The molecular weight excluding hydrogens is 275 g/mol. The van der Waals surface area contributed by atoms with Crippen LogP contribution in [0.1, 0.15) is 5.01 Å². The third kappa shape index (κ3) is 1.93. The molecule has 0 saturated heterocycles. The standard InChI is InChI=1S/C11H6ClFN4S/c1-5-15-8-9(12)16-10(17-11(8)18-5)7-3-2-6(13)4-14-7/h2-4H,1H3. The van der Waals surface area contributed by atoms with E-state index in [2.05, 4.69) is 19.9 Å². The topological polar surface area (TPSA) is 51.6 Å².